The Labute approximate surface area is 195 Å². The van der Waals surface area contributed by atoms with E-state index >= 15 is 0 Å². The fourth-order valence-corrected chi connectivity index (χ4v) is 5.09. The summed E-state index contributed by atoms with van der Waals surface area (Å²) in [6.07, 6.45) is 2.36. The number of rotatable bonds is 6. The van der Waals surface area contributed by atoms with Gasteiger partial charge < -0.3 is 14.4 Å². The summed E-state index contributed by atoms with van der Waals surface area (Å²) in [5.41, 5.74) is 5.50. The summed E-state index contributed by atoms with van der Waals surface area (Å²) in [5, 5.41) is 4.82. The highest BCUT2D eigenvalue weighted by atomic mass is 16.5. The molecule has 0 spiro atoms. The van der Waals surface area contributed by atoms with Crippen molar-refractivity contribution in [1.29, 1.82) is 0 Å². The summed E-state index contributed by atoms with van der Waals surface area (Å²) >= 11 is 0. The number of hydrogen-bond donors (Lipinski definition) is 0. The van der Waals surface area contributed by atoms with Crippen LogP contribution < -0.4 is 9.47 Å². The molecule has 7 nitrogen and oxygen atoms in total. The van der Waals surface area contributed by atoms with E-state index < -0.39 is 0 Å². The number of hydrogen-bond acceptors (Lipinski definition) is 5. The minimum absolute atomic E-state index is 0.233. The molecular formula is C26H34N4O3. The second-order valence-corrected chi connectivity index (χ2v) is 9.37. The second-order valence-electron chi connectivity index (χ2n) is 9.37. The van der Waals surface area contributed by atoms with Crippen LogP contribution in [0.25, 0.3) is 16.9 Å². The second kappa shape index (κ2) is 9.41. The summed E-state index contributed by atoms with van der Waals surface area (Å²) in [6.45, 7) is 10.3. The lowest BCUT2D eigenvalue weighted by Crippen LogP contribution is -2.42. The van der Waals surface area contributed by atoms with Crippen molar-refractivity contribution >= 4 is 11.6 Å². The zero-order valence-corrected chi connectivity index (χ0v) is 20.5. The minimum Gasteiger partial charge on any atom is -0.497 e. The molecule has 1 aliphatic rings. The third-order valence-electron chi connectivity index (χ3n) is 6.66. The van der Waals surface area contributed by atoms with Crippen LogP contribution >= 0.6 is 0 Å². The van der Waals surface area contributed by atoms with Gasteiger partial charge >= 0.3 is 0 Å². The van der Waals surface area contributed by atoms with Gasteiger partial charge in [0.05, 0.1) is 19.9 Å². The van der Waals surface area contributed by atoms with Crippen LogP contribution in [-0.4, -0.2) is 52.7 Å². The largest absolute Gasteiger partial charge is 0.497 e. The highest BCUT2D eigenvalue weighted by Gasteiger charge is 2.25. The van der Waals surface area contributed by atoms with Crippen molar-refractivity contribution in [3.05, 3.63) is 41.2 Å². The number of aromatic nitrogens is 3. The van der Waals surface area contributed by atoms with Gasteiger partial charge in [-0.05, 0) is 56.2 Å². The number of carbonyl (C=O) groups excluding carboxylic acids is 1. The fraction of sp³-hybridized carbons (Fsp3) is 0.500. The van der Waals surface area contributed by atoms with Crippen LogP contribution in [0, 0.1) is 25.7 Å². The maximum absolute atomic E-state index is 12.9. The maximum Gasteiger partial charge on any atom is 0.222 e. The average molecular weight is 451 g/mol. The van der Waals surface area contributed by atoms with E-state index in [1.807, 2.05) is 40.6 Å². The zero-order chi connectivity index (χ0) is 23.7. The van der Waals surface area contributed by atoms with E-state index in [4.69, 9.17) is 19.6 Å². The lowest BCUT2D eigenvalue weighted by Gasteiger charge is -2.35. The number of nitrogens with zero attached hydrogens (tertiary/aromatic N) is 4. The highest BCUT2D eigenvalue weighted by Crippen LogP contribution is 2.33. The molecule has 1 aromatic carbocycles. The van der Waals surface area contributed by atoms with Gasteiger partial charge in [0.1, 0.15) is 11.5 Å². The van der Waals surface area contributed by atoms with Crippen LogP contribution in [0.15, 0.2) is 24.3 Å². The Hall–Kier alpha value is -3.09. The number of aryl methyl sites for hydroxylation is 2. The van der Waals surface area contributed by atoms with Gasteiger partial charge in [-0.25, -0.2) is 9.50 Å². The van der Waals surface area contributed by atoms with E-state index in [1.54, 1.807) is 14.2 Å². The standard InChI is InChI=1S/C26H34N4O3/c1-16-11-17(2)15-29(14-16)26(31)10-9-21-18(3)27-25-13-23(28-30(25)19(21)4)22-8-7-20(32-5)12-24(22)33-6/h7-8,12-13,16-17H,9-11,14-15H2,1-6H3. The Balaban J connectivity index is 1.59. The lowest BCUT2D eigenvalue weighted by molar-refractivity contribution is -0.133. The van der Waals surface area contributed by atoms with E-state index in [9.17, 15) is 4.79 Å². The van der Waals surface area contributed by atoms with Gasteiger partial charge in [0.15, 0.2) is 5.65 Å². The molecule has 3 heterocycles. The van der Waals surface area contributed by atoms with Crippen molar-refractivity contribution in [1.82, 2.24) is 19.5 Å². The van der Waals surface area contributed by atoms with Crippen molar-refractivity contribution in [2.24, 2.45) is 11.8 Å². The predicted octanol–water partition coefficient (Wildman–Crippen LogP) is 4.47. The quantitative estimate of drug-likeness (QED) is 0.554. The van der Waals surface area contributed by atoms with Gasteiger partial charge in [0.2, 0.25) is 5.91 Å². The van der Waals surface area contributed by atoms with E-state index in [-0.39, 0.29) is 5.91 Å². The normalized spacial score (nSPS) is 18.5. The zero-order valence-electron chi connectivity index (χ0n) is 20.5. The van der Waals surface area contributed by atoms with Crippen LogP contribution in [0.3, 0.4) is 0 Å². The van der Waals surface area contributed by atoms with Crippen molar-refractivity contribution in [3.63, 3.8) is 0 Å². The Morgan fingerprint density at radius 2 is 1.82 bits per heavy atom. The van der Waals surface area contributed by atoms with E-state index in [2.05, 4.69) is 20.8 Å². The first-order chi connectivity index (χ1) is 15.8. The van der Waals surface area contributed by atoms with Crippen LogP contribution in [0.4, 0.5) is 0 Å². The van der Waals surface area contributed by atoms with Gasteiger partial charge in [-0.15, -0.1) is 0 Å². The predicted molar refractivity (Wildman–Crippen MR) is 129 cm³/mol. The average Bonchev–Trinajstić information content (AvgIpc) is 3.21. The number of ether oxygens (including phenoxy) is 2. The first-order valence-electron chi connectivity index (χ1n) is 11.7. The van der Waals surface area contributed by atoms with E-state index in [0.29, 0.717) is 30.4 Å². The van der Waals surface area contributed by atoms with Gasteiger partial charge in [-0.2, -0.15) is 5.10 Å². The summed E-state index contributed by atoms with van der Waals surface area (Å²) in [5.74, 6) is 2.79. The SMILES string of the molecule is COc1ccc(-c2cc3nc(C)c(CCC(=O)N4CC(C)CC(C)C4)c(C)n3n2)c(OC)c1. The molecule has 33 heavy (non-hydrogen) atoms. The van der Waals surface area contributed by atoms with E-state index in [1.165, 1.54) is 6.42 Å². The fourth-order valence-electron chi connectivity index (χ4n) is 5.09. The molecule has 1 amide bonds. The van der Waals surface area contributed by atoms with Crippen molar-refractivity contribution in [2.45, 2.75) is 47.0 Å². The number of benzene rings is 1. The Bertz CT molecular complexity index is 1160. The molecule has 0 N–H and O–H groups in total. The molecule has 176 valence electrons. The topological polar surface area (TPSA) is 69.0 Å². The van der Waals surface area contributed by atoms with Gasteiger partial charge in [0, 0.05) is 48.6 Å². The molecule has 7 heteroatoms. The molecule has 0 bridgehead atoms. The van der Waals surface area contributed by atoms with Crippen LogP contribution in [-0.2, 0) is 11.2 Å². The number of piperidine rings is 1. The molecule has 0 aliphatic carbocycles. The molecule has 0 radical (unpaired) electrons. The third kappa shape index (κ3) is 4.68. The smallest absolute Gasteiger partial charge is 0.222 e. The maximum atomic E-state index is 12.9. The molecule has 0 saturated carbocycles. The Kier molecular flexibility index (Phi) is 6.58. The molecule has 2 aromatic heterocycles. The number of likely N-dealkylation sites (tertiary alicyclic amines) is 1. The molecule has 1 saturated heterocycles. The number of amides is 1. The number of carbonyl (C=O) groups is 1. The molecule has 3 aromatic rings. The van der Waals surface area contributed by atoms with Crippen LogP contribution in [0.1, 0.15) is 43.6 Å². The lowest BCUT2D eigenvalue weighted by atomic mass is 9.91. The van der Waals surface area contributed by atoms with Crippen LogP contribution in [0.5, 0.6) is 11.5 Å². The first kappa shape index (κ1) is 23.1. The molecule has 2 unspecified atom stereocenters. The monoisotopic (exact) mass is 450 g/mol. The van der Waals surface area contributed by atoms with Gasteiger partial charge in [-0.1, -0.05) is 13.8 Å². The molecule has 4 rings (SSSR count). The van der Waals surface area contributed by atoms with Crippen molar-refractivity contribution in [3.8, 4) is 22.8 Å². The molecular weight excluding hydrogens is 416 g/mol. The number of fused-ring (bicyclic) bond motifs is 1. The van der Waals surface area contributed by atoms with Crippen molar-refractivity contribution in [2.75, 3.05) is 27.3 Å². The summed E-state index contributed by atoms with van der Waals surface area (Å²) in [7, 11) is 3.27. The number of methoxy groups -OCH3 is 2. The third-order valence-corrected chi connectivity index (χ3v) is 6.66. The van der Waals surface area contributed by atoms with Crippen molar-refractivity contribution < 1.29 is 14.3 Å². The minimum atomic E-state index is 0.233. The Morgan fingerprint density at radius 1 is 1.09 bits per heavy atom. The molecule has 2 atom stereocenters. The molecule has 1 aliphatic heterocycles. The summed E-state index contributed by atoms with van der Waals surface area (Å²) < 4.78 is 12.7. The summed E-state index contributed by atoms with van der Waals surface area (Å²) in [4.78, 5) is 19.8. The summed E-state index contributed by atoms with van der Waals surface area (Å²) in [6, 6.07) is 7.66. The van der Waals surface area contributed by atoms with Crippen LogP contribution in [0.2, 0.25) is 0 Å². The van der Waals surface area contributed by atoms with Gasteiger partial charge in [-0.3, -0.25) is 4.79 Å². The van der Waals surface area contributed by atoms with Gasteiger partial charge in [0.25, 0.3) is 0 Å². The highest BCUT2D eigenvalue weighted by molar-refractivity contribution is 5.77. The first-order valence-corrected chi connectivity index (χ1v) is 11.7. The Morgan fingerprint density at radius 3 is 2.48 bits per heavy atom. The molecule has 1 fully saturated rings. The van der Waals surface area contributed by atoms with E-state index in [0.717, 1.165) is 52.7 Å².